The zero-order valence-electron chi connectivity index (χ0n) is 7.17. The molecule has 0 fully saturated rings. The van der Waals surface area contributed by atoms with Gasteiger partial charge < -0.3 is 0 Å². The molecule has 0 aliphatic heterocycles. The van der Waals surface area contributed by atoms with E-state index in [1.807, 2.05) is 18.2 Å². The van der Waals surface area contributed by atoms with Gasteiger partial charge in [-0.2, -0.15) is 0 Å². The number of rotatable bonds is 2. The molecule has 64 valence electrons. The lowest BCUT2D eigenvalue weighted by atomic mass is 10.0. The summed E-state index contributed by atoms with van der Waals surface area (Å²) in [5.41, 5.74) is 1.95. The molecule has 0 saturated heterocycles. The molecule has 2 heteroatoms. The van der Waals surface area contributed by atoms with Crippen molar-refractivity contribution < 1.29 is 4.79 Å². The summed E-state index contributed by atoms with van der Waals surface area (Å²) in [7, 11) is 0. The maximum atomic E-state index is 10.5. The first kappa shape index (κ1) is 9.46. The second-order valence-electron chi connectivity index (χ2n) is 3.05. The van der Waals surface area contributed by atoms with E-state index in [0.29, 0.717) is 11.5 Å². The summed E-state index contributed by atoms with van der Waals surface area (Å²) < 4.78 is 0.878. The van der Waals surface area contributed by atoms with E-state index in [9.17, 15) is 4.79 Å². The molecule has 0 bridgehead atoms. The lowest BCUT2D eigenvalue weighted by Crippen LogP contribution is -1.89. The highest BCUT2D eigenvalue weighted by Crippen LogP contribution is 2.21. The Balaban J connectivity index is 3.10. The van der Waals surface area contributed by atoms with Crippen LogP contribution in [0.2, 0.25) is 0 Å². The van der Waals surface area contributed by atoms with Crippen molar-refractivity contribution in [1.29, 1.82) is 0 Å². The molecule has 0 heterocycles. The van der Waals surface area contributed by atoms with Gasteiger partial charge in [0.25, 0.3) is 0 Å². The fraction of sp³-hybridized carbons (Fsp3) is 0.300. The normalized spacial score (nSPS) is 10.3. The van der Waals surface area contributed by atoms with Crippen LogP contribution in [0.4, 0.5) is 0 Å². The zero-order chi connectivity index (χ0) is 9.14. The summed E-state index contributed by atoms with van der Waals surface area (Å²) >= 11 is 3.34. The summed E-state index contributed by atoms with van der Waals surface area (Å²) in [6.45, 7) is 4.25. The van der Waals surface area contributed by atoms with E-state index in [1.165, 1.54) is 5.56 Å². The number of halogens is 1. The Kier molecular flexibility index (Phi) is 3.04. The van der Waals surface area contributed by atoms with Gasteiger partial charge >= 0.3 is 0 Å². The smallest absolute Gasteiger partial charge is 0.151 e. The van der Waals surface area contributed by atoms with Crippen LogP contribution in [0.15, 0.2) is 22.7 Å². The molecule has 1 aromatic rings. The van der Waals surface area contributed by atoms with Gasteiger partial charge in [-0.05, 0) is 17.5 Å². The SMILES string of the molecule is CC(C)c1ccc(C=O)c(Br)c1. The van der Waals surface area contributed by atoms with Crippen molar-refractivity contribution in [3.63, 3.8) is 0 Å². The maximum absolute atomic E-state index is 10.5. The molecule has 0 aliphatic rings. The second kappa shape index (κ2) is 3.85. The molecular weight excluding hydrogens is 216 g/mol. The third-order valence-corrected chi connectivity index (χ3v) is 2.50. The predicted octanol–water partition coefficient (Wildman–Crippen LogP) is 3.39. The summed E-state index contributed by atoms with van der Waals surface area (Å²) in [4.78, 5) is 10.5. The number of benzene rings is 1. The molecule has 0 radical (unpaired) electrons. The molecule has 0 unspecified atom stereocenters. The molecule has 0 aliphatic carbocycles. The summed E-state index contributed by atoms with van der Waals surface area (Å²) in [5, 5.41) is 0. The van der Waals surface area contributed by atoms with Gasteiger partial charge in [-0.1, -0.05) is 41.9 Å². The van der Waals surface area contributed by atoms with Crippen molar-refractivity contribution in [3.05, 3.63) is 33.8 Å². The molecule has 12 heavy (non-hydrogen) atoms. The van der Waals surface area contributed by atoms with Crippen LogP contribution < -0.4 is 0 Å². The Hall–Kier alpha value is -0.630. The average Bonchev–Trinajstić information content (AvgIpc) is 2.04. The third kappa shape index (κ3) is 1.95. The van der Waals surface area contributed by atoms with Crippen LogP contribution in [0.25, 0.3) is 0 Å². The monoisotopic (exact) mass is 226 g/mol. The minimum atomic E-state index is 0.502. The van der Waals surface area contributed by atoms with Crippen molar-refractivity contribution in [2.75, 3.05) is 0 Å². The standard InChI is InChI=1S/C10H11BrO/c1-7(2)8-3-4-9(6-12)10(11)5-8/h3-7H,1-2H3. The molecule has 1 rings (SSSR count). The number of carbonyl (C=O) groups is 1. The Morgan fingerprint density at radius 1 is 1.42 bits per heavy atom. The van der Waals surface area contributed by atoms with Crippen LogP contribution in [-0.2, 0) is 0 Å². The molecule has 1 nitrogen and oxygen atoms in total. The van der Waals surface area contributed by atoms with Crippen molar-refractivity contribution in [2.24, 2.45) is 0 Å². The highest BCUT2D eigenvalue weighted by atomic mass is 79.9. The topological polar surface area (TPSA) is 17.1 Å². The van der Waals surface area contributed by atoms with Crippen LogP contribution in [0.1, 0.15) is 35.7 Å². The van der Waals surface area contributed by atoms with Gasteiger partial charge in [0, 0.05) is 10.0 Å². The van der Waals surface area contributed by atoms with E-state index < -0.39 is 0 Å². The van der Waals surface area contributed by atoms with Gasteiger partial charge in [0.05, 0.1) is 0 Å². The molecule has 0 amide bonds. The van der Waals surface area contributed by atoms with E-state index >= 15 is 0 Å². The fourth-order valence-electron chi connectivity index (χ4n) is 0.998. The summed E-state index contributed by atoms with van der Waals surface area (Å²) in [6.07, 6.45) is 0.855. The average molecular weight is 227 g/mol. The Morgan fingerprint density at radius 2 is 2.08 bits per heavy atom. The van der Waals surface area contributed by atoms with Crippen molar-refractivity contribution in [2.45, 2.75) is 19.8 Å². The number of hydrogen-bond acceptors (Lipinski definition) is 1. The van der Waals surface area contributed by atoms with Gasteiger partial charge in [-0.3, -0.25) is 4.79 Å². The second-order valence-corrected chi connectivity index (χ2v) is 3.91. The van der Waals surface area contributed by atoms with Gasteiger partial charge in [0.15, 0.2) is 6.29 Å². The highest BCUT2D eigenvalue weighted by Gasteiger charge is 2.02. The lowest BCUT2D eigenvalue weighted by Gasteiger charge is -2.06. The van der Waals surface area contributed by atoms with Gasteiger partial charge in [-0.25, -0.2) is 0 Å². The molecule has 0 spiro atoms. The molecular formula is C10H11BrO. The first-order chi connectivity index (χ1) is 5.65. The van der Waals surface area contributed by atoms with Gasteiger partial charge in [-0.15, -0.1) is 0 Å². The van der Waals surface area contributed by atoms with Crippen LogP contribution >= 0.6 is 15.9 Å². The van der Waals surface area contributed by atoms with E-state index in [4.69, 9.17) is 0 Å². The molecule has 0 atom stereocenters. The fourth-order valence-corrected chi connectivity index (χ4v) is 1.49. The third-order valence-electron chi connectivity index (χ3n) is 1.82. The quantitative estimate of drug-likeness (QED) is 0.707. The van der Waals surface area contributed by atoms with E-state index in [0.717, 1.165) is 10.8 Å². The molecule has 1 aromatic carbocycles. The zero-order valence-corrected chi connectivity index (χ0v) is 8.76. The van der Waals surface area contributed by atoms with Crippen molar-refractivity contribution in [1.82, 2.24) is 0 Å². The lowest BCUT2D eigenvalue weighted by molar-refractivity contribution is 0.112. The summed E-state index contributed by atoms with van der Waals surface area (Å²) in [5.74, 6) is 0.502. The van der Waals surface area contributed by atoms with E-state index in [1.54, 1.807) is 0 Å². The van der Waals surface area contributed by atoms with Crippen LogP contribution in [0.3, 0.4) is 0 Å². The predicted molar refractivity (Wildman–Crippen MR) is 53.6 cm³/mol. The number of hydrogen-bond donors (Lipinski definition) is 0. The van der Waals surface area contributed by atoms with Gasteiger partial charge in [0.2, 0.25) is 0 Å². The van der Waals surface area contributed by atoms with E-state index in [2.05, 4.69) is 29.8 Å². The molecule has 0 N–H and O–H groups in total. The van der Waals surface area contributed by atoms with Crippen LogP contribution in [0.5, 0.6) is 0 Å². The minimum absolute atomic E-state index is 0.502. The Labute approximate surface area is 80.9 Å². The van der Waals surface area contributed by atoms with Crippen LogP contribution in [-0.4, -0.2) is 6.29 Å². The van der Waals surface area contributed by atoms with Gasteiger partial charge in [0.1, 0.15) is 0 Å². The largest absolute Gasteiger partial charge is 0.298 e. The first-order valence-corrected chi connectivity index (χ1v) is 4.69. The highest BCUT2D eigenvalue weighted by molar-refractivity contribution is 9.10. The molecule has 0 saturated carbocycles. The van der Waals surface area contributed by atoms with Crippen molar-refractivity contribution in [3.8, 4) is 0 Å². The Morgan fingerprint density at radius 3 is 2.50 bits per heavy atom. The van der Waals surface area contributed by atoms with E-state index in [-0.39, 0.29) is 0 Å². The summed E-state index contributed by atoms with van der Waals surface area (Å²) in [6, 6.07) is 5.82. The maximum Gasteiger partial charge on any atom is 0.151 e. The van der Waals surface area contributed by atoms with Crippen LogP contribution in [0, 0.1) is 0 Å². The number of carbonyl (C=O) groups excluding carboxylic acids is 1. The number of aldehydes is 1. The van der Waals surface area contributed by atoms with Crippen molar-refractivity contribution >= 4 is 22.2 Å². The minimum Gasteiger partial charge on any atom is -0.298 e. The first-order valence-electron chi connectivity index (χ1n) is 3.89. The Bertz CT molecular complexity index is 292. The molecule has 0 aromatic heterocycles.